The number of nitrogens with zero attached hydrogens (tertiary/aromatic N) is 1. The topological polar surface area (TPSA) is 48.9 Å². The van der Waals surface area contributed by atoms with Gasteiger partial charge in [-0.2, -0.15) is 0 Å². The summed E-state index contributed by atoms with van der Waals surface area (Å²) in [6.45, 7) is 1.97. The number of hydrogen-bond acceptors (Lipinski definition) is 2. The molecule has 0 aliphatic rings. The van der Waals surface area contributed by atoms with E-state index in [4.69, 9.17) is 5.11 Å². The van der Waals surface area contributed by atoms with Gasteiger partial charge < -0.3 is 10.1 Å². The first-order valence-corrected chi connectivity index (χ1v) is 3.86. The van der Waals surface area contributed by atoms with Crippen molar-refractivity contribution in [1.82, 2.24) is 9.97 Å². The number of fused-ring (bicyclic) bond motifs is 1. The molecule has 0 amide bonds. The summed E-state index contributed by atoms with van der Waals surface area (Å²) in [4.78, 5) is 7.25. The second-order valence-electron chi connectivity index (χ2n) is 2.81. The van der Waals surface area contributed by atoms with Crippen molar-refractivity contribution in [2.24, 2.45) is 0 Å². The fourth-order valence-electron chi connectivity index (χ4n) is 1.30. The Balaban J connectivity index is 0.000000845. The number of aliphatic hydroxyl groups is 1. The molecule has 1 heterocycles. The number of aliphatic hydroxyl groups excluding tert-OH is 1. The molecule has 1 radical (unpaired) electrons. The van der Waals surface area contributed by atoms with Crippen LogP contribution in [-0.2, 0) is 6.61 Å². The average molecular weight is 389 g/mol. The van der Waals surface area contributed by atoms with Gasteiger partial charge in [0.15, 0.2) is 0 Å². The van der Waals surface area contributed by atoms with Crippen LogP contribution in [-0.4, -0.2) is 15.1 Å². The van der Waals surface area contributed by atoms with Gasteiger partial charge in [0.05, 0.1) is 11.0 Å². The zero-order chi connectivity index (χ0) is 8.55. The van der Waals surface area contributed by atoms with Gasteiger partial charge in [-0.15, -0.1) is 0 Å². The molecule has 2 N–H and O–H groups in total. The third-order valence-electron chi connectivity index (χ3n) is 1.91. The van der Waals surface area contributed by atoms with E-state index in [1.807, 2.05) is 25.1 Å². The molecule has 0 unspecified atom stereocenters. The molecule has 2 aromatic rings. The second kappa shape index (κ2) is 4.54. The Kier molecular flexibility index (Phi) is 3.90. The van der Waals surface area contributed by atoms with Crippen molar-refractivity contribution in [3.05, 3.63) is 29.6 Å². The number of rotatable bonds is 1. The van der Waals surface area contributed by atoms with Crippen LogP contribution in [0, 0.1) is 51.0 Å². The molecular formula is C9H10AcN2O. The monoisotopic (exact) mass is 389 g/mol. The van der Waals surface area contributed by atoms with Crippen LogP contribution in [0.1, 0.15) is 11.4 Å². The van der Waals surface area contributed by atoms with E-state index < -0.39 is 0 Å². The molecule has 13 heavy (non-hydrogen) atoms. The van der Waals surface area contributed by atoms with Crippen molar-refractivity contribution in [2.45, 2.75) is 13.5 Å². The summed E-state index contributed by atoms with van der Waals surface area (Å²) >= 11 is 0. The molecule has 0 aliphatic heterocycles. The van der Waals surface area contributed by atoms with Gasteiger partial charge in [-0.3, -0.25) is 0 Å². The maximum absolute atomic E-state index is 8.84. The van der Waals surface area contributed by atoms with E-state index in [1.54, 1.807) is 0 Å². The zero-order valence-electron chi connectivity index (χ0n) is 7.41. The number of aromatic nitrogens is 2. The SMILES string of the molecule is Cc1cccc2[nH]c(CO)nc12.[Ac]. The standard InChI is InChI=1S/C9H10N2O.Ac/c1-6-3-2-4-7-9(6)11-8(5-12)10-7;/h2-4,12H,5H2,1H3,(H,10,11);. The van der Waals surface area contributed by atoms with Crippen LogP contribution in [0.25, 0.3) is 11.0 Å². The fraction of sp³-hybridized carbons (Fsp3) is 0.222. The summed E-state index contributed by atoms with van der Waals surface area (Å²) in [6, 6.07) is 5.93. The van der Waals surface area contributed by atoms with Gasteiger partial charge in [0, 0.05) is 44.1 Å². The summed E-state index contributed by atoms with van der Waals surface area (Å²) in [5, 5.41) is 8.84. The first kappa shape index (κ1) is 11.2. The predicted octanol–water partition coefficient (Wildman–Crippen LogP) is 1.36. The van der Waals surface area contributed by atoms with E-state index in [0.29, 0.717) is 5.82 Å². The molecule has 0 aliphatic carbocycles. The Morgan fingerprint density at radius 3 is 2.85 bits per heavy atom. The molecular weight excluding hydrogens is 379 g/mol. The molecule has 0 saturated carbocycles. The number of hydrogen-bond donors (Lipinski definition) is 2. The minimum absolute atomic E-state index is 0. The number of benzene rings is 1. The number of para-hydroxylation sites is 1. The molecule has 2 rings (SSSR count). The third kappa shape index (κ3) is 2.12. The molecule has 0 fully saturated rings. The van der Waals surface area contributed by atoms with E-state index in [0.717, 1.165) is 16.6 Å². The Bertz CT molecular complexity index is 411. The van der Waals surface area contributed by atoms with Crippen molar-refractivity contribution in [3.63, 3.8) is 0 Å². The van der Waals surface area contributed by atoms with E-state index in [1.165, 1.54) is 0 Å². The summed E-state index contributed by atoms with van der Waals surface area (Å²) < 4.78 is 0. The third-order valence-corrected chi connectivity index (χ3v) is 1.91. The van der Waals surface area contributed by atoms with Crippen molar-refractivity contribution < 1.29 is 49.2 Å². The zero-order valence-corrected chi connectivity index (χ0v) is 12.2. The number of aryl methyl sites for hydroxylation is 1. The van der Waals surface area contributed by atoms with Crippen LogP contribution < -0.4 is 0 Å². The molecule has 3 nitrogen and oxygen atoms in total. The van der Waals surface area contributed by atoms with Crippen molar-refractivity contribution >= 4 is 11.0 Å². The van der Waals surface area contributed by atoms with E-state index in [-0.39, 0.29) is 50.7 Å². The van der Waals surface area contributed by atoms with Gasteiger partial charge in [0.25, 0.3) is 0 Å². The first-order valence-electron chi connectivity index (χ1n) is 3.86. The molecule has 0 atom stereocenters. The number of nitrogens with one attached hydrogen (secondary N) is 1. The molecule has 0 spiro atoms. The van der Waals surface area contributed by atoms with Gasteiger partial charge >= 0.3 is 0 Å². The van der Waals surface area contributed by atoms with Gasteiger partial charge in [0.2, 0.25) is 0 Å². The molecule has 1 aromatic carbocycles. The second-order valence-corrected chi connectivity index (χ2v) is 2.81. The van der Waals surface area contributed by atoms with Crippen molar-refractivity contribution in [2.75, 3.05) is 0 Å². The van der Waals surface area contributed by atoms with Crippen LogP contribution >= 0.6 is 0 Å². The van der Waals surface area contributed by atoms with Crippen LogP contribution in [0.5, 0.6) is 0 Å². The first-order chi connectivity index (χ1) is 5.81. The quantitative estimate of drug-likeness (QED) is 0.774. The number of aromatic amines is 1. The number of imidazole rings is 1. The smallest absolute Gasteiger partial charge is 0.133 e. The Morgan fingerprint density at radius 1 is 1.46 bits per heavy atom. The van der Waals surface area contributed by atoms with Gasteiger partial charge in [-0.1, -0.05) is 12.1 Å². The van der Waals surface area contributed by atoms with Crippen molar-refractivity contribution in [1.29, 1.82) is 0 Å². The average Bonchev–Trinajstić information content (AvgIpc) is 2.49. The Labute approximate surface area is 112 Å². The van der Waals surface area contributed by atoms with Crippen molar-refractivity contribution in [3.8, 4) is 0 Å². The molecule has 1 aromatic heterocycles. The summed E-state index contributed by atoms with van der Waals surface area (Å²) in [5.41, 5.74) is 3.06. The molecule has 65 valence electrons. The Hall–Kier alpha value is 0.0916. The van der Waals surface area contributed by atoms with Gasteiger partial charge in [-0.25, -0.2) is 4.98 Å². The predicted molar refractivity (Wildman–Crippen MR) is 46.8 cm³/mol. The van der Waals surface area contributed by atoms with E-state index >= 15 is 0 Å². The minimum atomic E-state index is -0.0336. The van der Waals surface area contributed by atoms with Crippen LogP contribution in [0.15, 0.2) is 18.2 Å². The molecule has 0 saturated heterocycles. The normalized spacial score (nSPS) is 10.0. The fourth-order valence-corrected chi connectivity index (χ4v) is 1.30. The van der Waals surface area contributed by atoms with Crippen LogP contribution in [0.4, 0.5) is 0 Å². The van der Waals surface area contributed by atoms with E-state index in [9.17, 15) is 0 Å². The summed E-state index contributed by atoms with van der Waals surface area (Å²) in [7, 11) is 0. The largest absolute Gasteiger partial charge is 0.388 e. The molecule has 4 heteroatoms. The van der Waals surface area contributed by atoms with Crippen LogP contribution in [0.2, 0.25) is 0 Å². The number of H-pyrrole nitrogens is 1. The Morgan fingerprint density at radius 2 is 2.23 bits per heavy atom. The van der Waals surface area contributed by atoms with Gasteiger partial charge in [0.1, 0.15) is 12.4 Å². The van der Waals surface area contributed by atoms with E-state index in [2.05, 4.69) is 9.97 Å². The molecule has 0 bridgehead atoms. The summed E-state index contributed by atoms with van der Waals surface area (Å²) in [5.74, 6) is 0.624. The maximum Gasteiger partial charge on any atom is 0.133 e. The minimum Gasteiger partial charge on any atom is -0.388 e. The van der Waals surface area contributed by atoms with Crippen LogP contribution in [0.3, 0.4) is 0 Å². The van der Waals surface area contributed by atoms with Gasteiger partial charge in [-0.05, 0) is 18.6 Å². The maximum atomic E-state index is 8.84. The summed E-state index contributed by atoms with van der Waals surface area (Å²) in [6.07, 6.45) is 0.